The topological polar surface area (TPSA) is 21.7 Å². The van der Waals surface area contributed by atoms with E-state index in [4.69, 9.17) is 0 Å². The maximum absolute atomic E-state index is 4.39. The molecular formula is C22H22N3+. The highest BCUT2D eigenvalue weighted by Gasteiger charge is 2.28. The highest BCUT2D eigenvalue weighted by atomic mass is 15.2. The normalized spacial score (nSPS) is 11.2. The van der Waals surface area contributed by atoms with Gasteiger partial charge in [0.05, 0.1) is 12.6 Å². The fraction of sp³-hybridized carbons (Fsp3) is 0.182. The summed E-state index contributed by atoms with van der Waals surface area (Å²) in [6.07, 6.45) is 3.82. The summed E-state index contributed by atoms with van der Waals surface area (Å²) in [6, 6.07) is 17.1. The Morgan fingerprint density at radius 1 is 0.840 bits per heavy atom. The van der Waals surface area contributed by atoms with Crippen molar-refractivity contribution in [3.8, 4) is 17.1 Å². The Hall–Kier alpha value is -2.94. The molecule has 0 saturated heterocycles. The predicted octanol–water partition coefficient (Wildman–Crippen LogP) is 4.44. The van der Waals surface area contributed by atoms with Crippen LogP contribution in [-0.2, 0) is 7.05 Å². The third kappa shape index (κ3) is 2.35. The van der Waals surface area contributed by atoms with Crippen molar-refractivity contribution in [3.63, 3.8) is 0 Å². The van der Waals surface area contributed by atoms with Gasteiger partial charge in [-0.05, 0) is 55.7 Å². The van der Waals surface area contributed by atoms with E-state index in [2.05, 4.69) is 90.5 Å². The minimum Gasteiger partial charge on any atom is -0.264 e. The fourth-order valence-electron chi connectivity index (χ4n) is 3.70. The number of hydrogen-bond donors (Lipinski definition) is 0. The summed E-state index contributed by atoms with van der Waals surface area (Å²) in [4.78, 5) is 4.39. The van der Waals surface area contributed by atoms with Crippen LogP contribution < -0.4 is 4.57 Å². The lowest BCUT2D eigenvalue weighted by Crippen LogP contribution is -2.30. The molecule has 4 aromatic rings. The second-order valence-electron chi connectivity index (χ2n) is 6.64. The van der Waals surface area contributed by atoms with E-state index in [1.807, 2.05) is 12.4 Å². The van der Waals surface area contributed by atoms with Crippen LogP contribution in [0.2, 0.25) is 0 Å². The zero-order chi connectivity index (χ0) is 17.6. The van der Waals surface area contributed by atoms with Crippen LogP contribution in [-0.4, -0.2) is 9.55 Å². The van der Waals surface area contributed by atoms with E-state index >= 15 is 0 Å². The van der Waals surface area contributed by atoms with E-state index in [1.54, 1.807) is 0 Å². The fourth-order valence-corrected chi connectivity index (χ4v) is 3.70. The van der Waals surface area contributed by atoms with Gasteiger partial charge in [-0.3, -0.25) is 4.98 Å². The number of nitrogens with zero attached hydrogens (tertiary/aromatic N) is 3. The minimum absolute atomic E-state index is 1.16. The molecule has 4 rings (SSSR count). The Kier molecular flexibility index (Phi) is 3.65. The first kappa shape index (κ1) is 15.6. The number of aryl methyl sites for hydroxylation is 4. The third-order valence-corrected chi connectivity index (χ3v) is 4.96. The van der Waals surface area contributed by atoms with E-state index < -0.39 is 0 Å². The van der Waals surface area contributed by atoms with Crippen LogP contribution in [0.4, 0.5) is 0 Å². The molecule has 0 spiro atoms. The number of fused-ring (bicyclic) bond motifs is 1. The number of hydrogen-bond acceptors (Lipinski definition) is 1. The summed E-state index contributed by atoms with van der Waals surface area (Å²) in [6.45, 7) is 6.50. The molecule has 0 saturated carbocycles. The minimum atomic E-state index is 1.16. The first-order valence-corrected chi connectivity index (χ1v) is 8.56. The summed E-state index contributed by atoms with van der Waals surface area (Å²) >= 11 is 0. The van der Waals surface area contributed by atoms with Crippen LogP contribution in [0.5, 0.6) is 0 Å². The van der Waals surface area contributed by atoms with Gasteiger partial charge in [0, 0.05) is 12.4 Å². The van der Waals surface area contributed by atoms with Crippen LogP contribution in [0.15, 0.2) is 60.9 Å². The second-order valence-corrected chi connectivity index (χ2v) is 6.64. The lowest BCUT2D eigenvalue weighted by atomic mass is 10.1. The number of para-hydroxylation sites is 3. The Labute approximate surface area is 148 Å². The average Bonchev–Trinajstić information content (AvgIpc) is 2.89. The van der Waals surface area contributed by atoms with Crippen LogP contribution in [0.1, 0.15) is 16.7 Å². The van der Waals surface area contributed by atoms with Gasteiger partial charge in [0.2, 0.25) is 0 Å². The first-order chi connectivity index (χ1) is 12.1. The van der Waals surface area contributed by atoms with Gasteiger partial charge >= 0.3 is 0 Å². The number of benzene rings is 2. The maximum atomic E-state index is 4.39. The molecule has 2 aromatic carbocycles. The van der Waals surface area contributed by atoms with Gasteiger partial charge in [0.1, 0.15) is 5.69 Å². The molecule has 0 N–H and O–H groups in total. The highest BCUT2D eigenvalue weighted by molar-refractivity contribution is 5.80. The van der Waals surface area contributed by atoms with Crippen molar-refractivity contribution >= 4 is 11.0 Å². The summed E-state index contributed by atoms with van der Waals surface area (Å²) in [5, 5.41) is 0. The van der Waals surface area contributed by atoms with E-state index in [1.165, 1.54) is 33.4 Å². The monoisotopic (exact) mass is 328 g/mol. The SMILES string of the molecule is Cc1ccncc1-c1n(-c2c(C)cccc2C)c2ccccc2[n+]1C. The second kappa shape index (κ2) is 5.85. The van der Waals surface area contributed by atoms with E-state index in [0.29, 0.717) is 0 Å². The molecule has 0 amide bonds. The lowest BCUT2D eigenvalue weighted by Gasteiger charge is -2.10. The molecule has 25 heavy (non-hydrogen) atoms. The van der Waals surface area contributed by atoms with Crippen molar-refractivity contribution in [3.05, 3.63) is 77.6 Å². The molecule has 0 unspecified atom stereocenters. The molecule has 0 atom stereocenters. The zero-order valence-corrected chi connectivity index (χ0v) is 15.1. The Balaban J connectivity index is 2.21. The van der Waals surface area contributed by atoms with Crippen molar-refractivity contribution < 1.29 is 4.57 Å². The number of aromatic nitrogens is 3. The molecular weight excluding hydrogens is 306 g/mol. The maximum Gasteiger partial charge on any atom is 0.296 e. The predicted molar refractivity (Wildman–Crippen MR) is 102 cm³/mol. The standard InChI is InChI=1S/C22H22N3/c1-15-12-13-23-14-18(15)22-24(4)19-10-5-6-11-20(19)25(22)21-16(2)8-7-9-17(21)3/h5-14H,1-4H3/q+1. The third-order valence-electron chi connectivity index (χ3n) is 4.96. The smallest absolute Gasteiger partial charge is 0.264 e. The van der Waals surface area contributed by atoms with Crippen LogP contribution in [0.25, 0.3) is 28.1 Å². The molecule has 0 aliphatic carbocycles. The van der Waals surface area contributed by atoms with Crippen molar-refractivity contribution in [2.24, 2.45) is 7.05 Å². The highest BCUT2D eigenvalue weighted by Crippen LogP contribution is 2.31. The summed E-state index contributed by atoms with van der Waals surface area (Å²) in [5.74, 6) is 1.16. The summed E-state index contributed by atoms with van der Waals surface area (Å²) in [5.41, 5.74) is 8.58. The average molecular weight is 328 g/mol. The van der Waals surface area contributed by atoms with E-state index in [9.17, 15) is 0 Å². The van der Waals surface area contributed by atoms with Crippen LogP contribution in [0.3, 0.4) is 0 Å². The Bertz CT molecular complexity index is 1070. The molecule has 0 fully saturated rings. The molecule has 0 aliphatic heterocycles. The Morgan fingerprint density at radius 2 is 1.56 bits per heavy atom. The number of imidazole rings is 1. The molecule has 0 aliphatic rings. The van der Waals surface area contributed by atoms with E-state index in [-0.39, 0.29) is 0 Å². The molecule has 3 heteroatoms. The Morgan fingerprint density at radius 3 is 2.28 bits per heavy atom. The molecule has 124 valence electrons. The van der Waals surface area contributed by atoms with Gasteiger partial charge < -0.3 is 0 Å². The van der Waals surface area contributed by atoms with Gasteiger partial charge in [-0.1, -0.05) is 30.3 Å². The van der Waals surface area contributed by atoms with Gasteiger partial charge in [-0.2, -0.15) is 4.57 Å². The van der Waals surface area contributed by atoms with Gasteiger partial charge in [-0.25, -0.2) is 4.57 Å². The quantitative estimate of drug-likeness (QED) is 0.499. The van der Waals surface area contributed by atoms with Crippen LogP contribution in [0, 0.1) is 20.8 Å². The van der Waals surface area contributed by atoms with Crippen molar-refractivity contribution in [2.75, 3.05) is 0 Å². The first-order valence-electron chi connectivity index (χ1n) is 8.56. The lowest BCUT2D eigenvalue weighted by molar-refractivity contribution is -0.633. The van der Waals surface area contributed by atoms with Crippen molar-refractivity contribution in [2.45, 2.75) is 20.8 Å². The molecule has 2 heterocycles. The molecule has 2 aromatic heterocycles. The molecule has 0 bridgehead atoms. The zero-order valence-electron chi connectivity index (χ0n) is 15.1. The van der Waals surface area contributed by atoms with Crippen molar-refractivity contribution in [1.29, 1.82) is 0 Å². The molecule has 0 radical (unpaired) electrons. The van der Waals surface area contributed by atoms with Crippen LogP contribution >= 0.6 is 0 Å². The van der Waals surface area contributed by atoms with Gasteiger partial charge in [-0.15, -0.1) is 0 Å². The summed E-state index contributed by atoms with van der Waals surface area (Å²) in [7, 11) is 2.13. The largest absolute Gasteiger partial charge is 0.296 e. The van der Waals surface area contributed by atoms with Gasteiger partial charge in [0.15, 0.2) is 11.0 Å². The molecule has 3 nitrogen and oxygen atoms in total. The van der Waals surface area contributed by atoms with Crippen molar-refractivity contribution in [1.82, 2.24) is 9.55 Å². The number of rotatable bonds is 2. The summed E-state index contributed by atoms with van der Waals surface area (Å²) < 4.78 is 4.65. The van der Waals surface area contributed by atoms with E-state index in [0.717, 1.165) is 11.4 Å². The van der Waals surface area contributed by atoms with Gasteiger partial charge in [0.25, 0.3) is 5.82 Å². The number of pyridine rings is 1.